The van der Waals surface area contributed by atoms with Crippen LogP contribution in [0.3, 0.4) is 0 Å². The fraction of sp³-hybridized carbons (Fsp3) is 0.231. The van der Waals surface area contributed by atoms with Crippen molar-refractivity contribution in [1.82, 2.24) is 15.2 Å². The number of aromatic nitrogens is 3. The first-order valence-electron chi connectivity index (χ1n) is 5.77. The number of hydrogen-bond acceptors (Lipinski definition) is 4. The second-order valence-electron chi connectivity index (χ2n) is 3.88. The molecule has 0 amide bonds. The van der Waals surface area contributed by atoms with Gasteiger partial charge >= 0.3 is 0 Å². The van der Waals surface area contributed by atoms with Gasteiger partial charge in [-0.2, -0.15) is 4.98 Å². The molecule has 4 nitrogen and oxygen atoms in total. The molecule has 2 aromatic rings. The zero-order valence-corrected chi connectivity index (χ0v) is 11.3. The Bertz CT molecular complexity index is 519. The zero-order valence-electron chi connectivity index (χ0n) is 10.5. The lowest BCUT2D eigenvalue weighted by Crippen LogP contribution is -1.91. The molecule has 1 heterocycles. The highest BCUT2D eigenvalue weighted by Gasteiger charge is 2.03. The van der Waals surface area contributed by atoms with Crippen LogP contribution in [0.15, 0.2) is 47.1 Å². The topological polar surface area (TPSA) is 53.6 Å². The molecular weight excluding hydrogens is 244 g/mol. The predicted octanol–water partition coefficient (Wildman–Crippen LogP) is 3.61. The molecule has 0 aliphatic carbocycles. The summed E-state index contributed by atoms with van der Waals surface area (Å²) in [5.74, 6) is 1.58. The maximum absolute atomic E-state index is 4.37. The zero-order chi connectivity index (χ0) is 12.8. The van der Waals surface area contributed by atoms with Gasteiger partial charge in [0.15, 0.2) is 0 Å². The molecule has 0 unspecified atom stereocenters. The first-order chi connectivity index (χ1) is 8.78. The summed E-state index contributed by atoms with van der Waals surface area (Å²) in [5, 5.41) is 11.0. The Morgan fingerprint density at radius 2 is 2.17 bits per heavy atom. The largest absolute Gasteiger partial charge is 0.325 e. The number of aromatic amines is 1. The summed E-state index contributed by atoms with van der Waals surface area (Å²) in [6, 6.07) is 9.90. The summed E-state index contributed by atoms with van der Waals surface area (Å²) in [6.45, 7) is 4.14. The van der Waals surface area contributed by atoms with Crippen molar-refractivity contribution in [1.29, 1.82) is 0 Å². The van der Waals surface area contributed by atoms with E-state index < -0.39 is 0 Å². The highest BCUT2D eigenvalue weighted by molar-refractivity contribution is 7.99. The van der Waals surface area contributed by atoms with E-state index in [1.807, 2.05) is 37.3 Å². The number of rotatable bonds is 5. The van der Waals surface area contributed by atoms with Gasteiger partial charge in [-0.15, -0.1) is 5.10 Å². The molecular formula is C13H16N4S. The van der Waals surface area contributed by atoms with Gasteiger partial charge in [-0.25, -0.2) is 5.10 Å². The Labute approximate surface area is 111 Å². The second-order valence-corrected chi connectivity index (χ2v) is 4.82. The van der Waals surface area contributed by atoms with E-state index in [0.717, 1.165) is 16.6 Å². The lowest BCUT2D eigenvalue weighted by atomic mass is 10.3. The molecule has 0 atom stereocenters. The summed E-state index contributed by atoms with van der Waals surface area (Å²) >= 11 is 1.62. The standard InChI is InChI=1S/C13H16N4S/c1-3-10(2)9-18-13-15-12(16-17-13)14-11-7-5-4-6-8-11/h3-8H,9H2,1-2H3,(H2,14,15,16,17)/b10-3+. The first kappa shape index (κ1) is 12.7. The molecule has 0 spiro atoms. The van der Waals surface area contributed by atoms with Gasteiger partial charge in [-0.3, -0.25) is 0 Å². The van der Waals surface area contributed by atoms with Crippen molar-refractivity contribution >= 4 is 23.4 Å². The lowest BCUT2D eigenvalue weighted by molar-refractivity contribution is 0.974. The van der Waals surface area contributed by atoms with Crippen LogP contribution >= 0.6 is 11.8 Å². The van der Waals surface area contributed by atoms with E-state index in [1.54, 1.807) is 11.8 Å². The molecule has 2 rings (SSSR count). The molecule has 0 saturated carbocycles. The van der Waals surface area contributed by atoms with E-state index in [1.165, 1.54) is 5.57 Å². The van der Waals surface area contributed by atoms with Crippen LogP contribution < -0.4 is 5.32 Å². The van der Waals surface area contributed by atoms with Crippen molar-refractivity contribution in [2.24, 2.45) is 0 Å². The third kappa shape index (κ3) is 3.63. The van der Waals surface area contributed by atoms with Crippen LogP contribution in [0.4, 0.5) is 11.6 Å². The number of nitrogens with one attached hydrogen (secondary N) is 2. The van der Waals surface area contributed by atoms with Gasteiger partial charge in [0.2, 0.25) is 11.1 Å². The average Bonchev–Trinajstić information content (AvgIpc) is 2.85. The summed E-state index contributed by atoms with van der Waals surface area (Å²) in [5.41, 5.74) is 2.32. The second kappa shape index (κ2) is 6.26. The molecule has 2 N–H and O–H groups in total. The van der Waals surface area contributed by atoms with Gasteiger partial charge in [0.25, 0.3) is 0 Å². The summed E-state index contributed by atoms with van der Waals surface area (Å²) in [6.07, 6.45) is 2.10. The molecule has 1 aromatic heterocycles. The highest BCUT2D eigenvalue weighted by atomic mass is 32.2. The van der Waals surface area contributed by atoms with Gasteiger partial charge < -0.3 is 5.32 Å². The van der Waals surface area contributed by atoms with Crippen molar-refractivity contribution in [3.8, 4) is 0 Å². The van der Waals surface area contributed by atoms with E-state index >= 15 is 0 Å². The minimum Gasteiger partial charge on any atom is -0.325 e. The third-order valence-electron chi connectivity index (χ3n) is 2.42. The molecule has 18 heavy (non-hydrogen) atoms. The number of benzene rings is 1. The van der Waals surface area contributed by atoms with Crippen molar-refractivity contribution in [3.63, 3.8) is 0 Å². The first-order valence-corrected chi connectivity index (χ1v) is 6.75. The van der Waals surface area contributed by atoms with Crippen LogP contribution in [0.1, 0.15) is 13.8 Å². The molecule has 0 saturated heterocycles. The van der Waals surface area contributed by atoms with Gasteiger partial charge in [0.05, 0.1) is 0 Å². The summed E-state index contributed by atoms with van der Waals surface area (Å²) < 4.78 is 0. The van der Waals surface area contributed by atoms with Gasteiger partial charge in [-0.05, 0) is 26.0 Å². The van der Waals surface area contributed by atoms with Crippen molar-refractivity contribution in [3.05, 3.63) is 42.0 Å². The maximum Gasteiger partial charge on any atom is 0.223 e. The number of anilines is 2. The van der Waals surface area contributed by atoms with Crippen LogP contribution in [0.5, 0.6) is 0 Å². The Morgan fingerprint density at radius 3 is 2.89 bits per heavy atom. The fourth-order valence-corrected chi connectivity index (χ4v) is 2.08. The van der Waals surface area contributed by atoms with Crippen molar-refractivity contribution in [2.75, 3.05) is 11.1 Å². The molecule has 0 aliphatic rings. The van der Waals surface area contributed by atoms with E-state index in [0.29, 0.717) is 5.95 Å². The molecule has 94 valence electrons. The Balaban J connectivity index is 1.94. The highest BCUT2D eigenvalue weighted by Crippen LogP contribution is 2.18. The Morgan fingerprint density at radius 1 is 1.39 bits per heavy atom. The van der Waals surface area contributed by atoms with E-state index in [4.69, 9.17) is 0 Å². The average molecular weight is 260 g/mol. The number of hydrogen-bond donors (Lipinski definition) is 2. The summed E-state index contributed by atoms with van der Waals surface area (Å²) in [7, 11) is 0. The van der Waals surface area contributed by atoms with Crippen molar-refractivity contribution < 1.29 is 0 Å². The molecule has 1 aromatic carbocycles. The monoisotopic (exact) mass is 260 g/mol. The quantitative estimate of drug-likeness (QED) is 0.637. The van der Waals surface area contributed by atoms with Gasteiger partial charge in [0.1, 0.15) is 0 Å². The molecule has 0 aliphatic heterocycles. The number of H-pyrrole nitrogens is 1. The number of para-hydroxylation sites is 1. The Kier molecular flexibility index (Phi) is 4.41. The van der Waals surface area contributed by atoms with Gasteiger partial charge in [-0.1, -0.05) is 41.6 Å². The van der Waals surface area contributed by atoms with Gasteiger partial charge in [0, 0.05) is 11.4 Å². The smallest absolute Gasteiger partial charge is 0.223 e. The predicted molar refractivity (Wildman–Crippen MR) is 76.3 cm³/mol. The minimum atomic E-state index is 0.668. The van der Waals surface area contributed by atoms with Crippen LogP contribution in [0, 0.1) is 0 Å². The molecule has 0 fully saturated rings. The molecule has 5 heteroatoms. The normalized spacial score (nSPS) is 11.6. The summed E-state index contributed by atoms with van der Waals surface area (Å²) in [4.78, 5) is 4.37. The lowest BCUT2D eigenvalue weighted by Gasteiger charge is -2.00. The SMILES string of the molecule is C/C=C(\C)CSc1n[nH]c(Nc2ccccc2)n1. The van der Waals surface area contributed by atoms with E-state index in [2.05, 4.69) is 33.5 Å². The van der Waals surface area contributed by atoms with Crippen molar-refractivity contribution in [2.45, 2.75) is 19.0 Å². The van der Waals surface area contributed by atoms with Crippen LogP contribution in [0.2, 0.25) is 0 Å². The third-order valence-corrected chi connectivity index (χ3v) is 3.46. The van der Waals surface area contributed by atoms with E-state index in [-0.39, 0.29) is 0 Å². The molecule has 0 radical (unpaired) electrons. The minimum absolute atomic E-state index is 0.668. The maximum atomic E-state index is 4.37. The van der Waals surface area contributed by atoms with E-state index in [9.17, 15) is 0 Å². The van der Waals surface area contributed by atoms with Crippen LogP contribution in [0.25, 0.3) is 0 Å². The number of thioether (sulfide) groups is 1. The van der Waals surface area contributed by atoms with Crippen LogP contribution in [-0.2, 0) is 0 Å². The Hall–Kier alpha value is -1.75. The fourth-order valence-electron chi connectivity index (χ4n) is 1.29. The molecule has 0 bridgehead atoms. The number of allylic oxidation sites excluding steroid dienone is 1. The number of nitrogens with zero attached hydrogens (tertiary/aromatic N) is 2. The van der Waals surface area contributed by atoms with Crippen LogP contribution in [-0.4, -0.2) is 20.9 Å².